The summed E-state index contributed by atoms with van der Waals surface area (Å²) >= 11 is 1.30. The van der Waals surface area contributed by atoms with Crippen molar-refractivity contribution in [2.75, 3.05) is 13.1 Å². The number of thioether (sulfide) groups is 1. The van der Waals surface area contributed by atoms with Gasteiger partial charge in [-0.15, -0.1) is 0 Å². The van der Waals surface area contributed by atoms with E-state index in [4.69, 9.17) is 0 Å². The molecule has 0 unspecified atom stereocenters. The Kier molecular flexibility index (Phi) is 4.79. The summed E-state index contributed by atoms with van der Waals surface area (Å²) in [4.78, 5) is 16.1. The quantitative estimate of drug-likeness (QED) is 0.523. The van der Waals surface area contributed by atoms with Gasteiger partial charge in [0.05, 0.1) is 0 Å². The molecule has 2 aliphatic rings. The Balaban J connectivity index is 1.39. The molecule has 0 bridgehead atoms. The molecule has 0 N–H and O–H groups in total. The topological polar surface area (TPSA) is 20.3 Å². The molecule has 0 amide bonds. The molecule has 3 heteroatoms. The second kappa shape index (κ2) is 7.57. The van der Waals surface area contributed by atoms with Crippen molar-refractivity contribution >= 4 is 16.9 Å². The van der Waals surface area contributed by atoms with Gasteiger partial charge >= 0.3 is 0 Å². The van der Waals surface area contributed by atoms with Crippen molar-refractivity contribution in [2.45, 2.75) is 29.7 Å². The highest BCUT2D eigenvalue weighted by atomic mass is 32.2. The van der Waals surface area contributed by atoms with Crippen molar-refractivity contribution < 1.29 is 4.79 Å². The van der Waals surface area contributed by atoms with E-state index in [9.17, 15) is 4.79 Å². The average molecular weight is 386 g/mol. The van der Waals surface area contributed by atoms with Crippen LogP contribution in [0.2, 0.25) is 0 Å². The molecule has 3 aromatic carbocycles. The molecule has 2 nitrogen and oxygen atoms in total. The maximum atomic E-state index is 12.4. The third kappa shape index (κ3) is 3.30. The van der Waals surface area contributed by atoms with Crippen molar-refractivity contribution in [3.8, 4) is 0 Å². The van der Waals surface area contributed by atoms with Crippen LogP contribution in [0.4, 0.5) is 0 Å². The highest BCUT2D eigenvalue weighted by Gasteiger charge is 2.36. The largest absolute Gasteiger partial charge is 0.295 e. The summed E-state index contributed by atoms with van der Waals surface area (Å²) in [6.45, 7) is 2.30. The predicted octanol–water partition coefficient (Wildman–Crippen LogP) is 5.90. The Hall–Kier alpha value is -2.36. The SMILES string of the molecule is O=C(Sc1ccc([C@H]2CN3CCC[C@H]3c3ccccc32)cc1)c1ccccc1. The number of carbonyl (C=O) groups excluding carboxylic acids is 1. The molecule has 2 heterocycles. The first-order valence-electron chi connectivity index (χ1n) is 9.99. The summed E-state index contributed by atoms with van der Waals surface area (Å²) in [7, 11) is 0. The third-order valence-corrected chi connectivity index (χ3v) is 6.94. The van der Waals surface area contributed by atoms with Crippen LogP contribution in [0.25, 0.3) is 0 Å². The summed E-state index contributed by atoms with van der Waals surface area (Å²) in [5, 5.41) is 0.0938. The zero-order valence-electron chi connectivity index (χ0n) is 15.8. The molecule has 0 aliphatic carbocycles. The van der Waals surface area contributed by atoms with Crippen molar-refractivity contribution in [3.63, 3.8) is 0 Å². The van der Waals surface area contributed by atoms with Gasteiger partial charge in [-0.3, -0.25) is 9.69 Å². The number of benzene rings is 3. The standard InChI is InChI=1S/C25H23NOS/c27-25(19-7-2-1-3-8-19)28-20-14-12-18(13-15-20)23-17-26-16-6-11-24(26)22-10-5-4-9-21(22)23/h1-5,7-10,12-15,23-24H,6,11,16-17H2/t23-,24+/m1/s1. The molecule has 2 atom stereocenters. The van der Waals surface area contributed by atoms with Gasteiger partial charge in [-0.1, -0.05) is 66.7 Å². The number of hydrogen-bond acceptors (Lipinski definition) is 3. The maximum absolute atomic E-state index is 12.4. The van der Waals surface area contributed by atoms with Gasteiger partial charge in [-0.2, -0.15) is 0 Å². The summed E-state index contributed by atoms with van der Waals surface area (Å²) in [5.41, 5.74) is 5.08. The van der Waals surface area contributed by atoms with E-state index in [2.05, 4.69) is 53.4 Å². The van der Waals surface area contributed by atoms with Gasteiger partial charge in [0, 0.05) is 29.0 Å². The molecule has 28 heavy (non-hydrogen) atoms. The molecule has 0 radical (unpaired) electrons. The van der Waals surface area contributed by atoms with E-state index >= 15 is 0 Å². The lowest BCUT2D eigenvalue weighted by molar-refractivity contribution is 0.108. The molecule has 5 rings (SSSR count). The first kappa shape index (κ1) is 17.7. The molecule has 0 aromatic heterocycles. The normalized spacial score (nSPS) is 21.1. The van der Waals surface area contributed by atoms with E-state index < -0.39 is 0 Å². The summed E-state index contributed by atoms with van der Waals surface area (Å²) in [6.07, 6.45) is 2.57. The Morgan fingerprint density at radius 3 is 2.36 bits per heavy atom. The van der Waals surface area contributed by atoms with E-state index in [1.165, 1.54) is 47.8 Å². The Morgan fingerprint density at radius 1 is 0.857 bits per heavy atom. The molecule has 0 spiro atoms. The van der Waals surface area contributed by atoms with Crippen LogP contribution in [0.1, 0.15) is 51.8 Å². The van der Waals surface area contributed by atoms with E-state index in [-0.39, 0.29) is 5.12 Å². The van der Waals surface area contributed by atoms with Crippen LogP contribution in [-0.4, -0.2) is 23.1 Å². The molecular weight excluding hydrogens is 362 g/mol. The molecule has 3 aromatic rings. The first-order chi connectivity index (χ1) is 13.8. The monoisotopic (exact) mass is 385 g/mol. The van der Waals surface area contributed by atoms with Crippen LogP contribution < -0.4 is 0 Å². The fourth-order valence-corrected chi connectivity index (χ4v) is 5.39. The second-order valence-corrected chi connectivity index (χ2v) is 8.71. The van der Waals surface area contributed by atoms with E-state index in [0.29, 0.717) is 12.0 Å². The van der Waals surface area contributed by atoms with E-state index in [1.54, 1.807) is 0 Å². The number of hydrogen-bond donors (Lipinski definition) is 0. The van der Waals surface area contributed by atoms with Crippen LogP contribution in [0.3, 0.4) is 0 Å². The fourth-order valence-electron chi connectivity index (χ4n) is 4.65. The number of fused-ring (bicyclic) bond motifs is 3. The smallest absolute Gasteiger partial charge is 0.224 e. The van der Waals surface area contributed by atoms with Gasteiger partial charge in [-0.25, -0.2) is 0 Å². The zero-order valence-corrected chi connectivity index (χ0v) is 16.6. The van der Waals surface area contributed by atoms with E-state index in [0.717, 1.165) is 17.0 Å². The van der Waals surface area contributed by atoms with Gasteiger partial charge < -0.3 is 0 Å². The zero-order chi connectivity index (χ0) is 18.9. The van der Waals surface area contributed by atoms with Crippen LogP contribution in [-0.2, 0) is 0 Å². The van der Waals surface area contributed by atoms with Crippen LogP contribution in [0.15, 0.2) is 83.8 Å². The maximum Gasteiger partial charge on any atom is 0.224 e. The minimum atomic E-state index is 0.0938. The summed E-state index contributed by atoms with van der Waals surface area (Å²) in [6, 6.07) is 27.6. The van der Waals surface area contributed by atoms with Gasteiger partial charge in [0.25, 0.3) is 0 Å². The molecular formula is C25H23NOS. The summed E-state index contributed by atoms with van der Waals surface area (Å²) < 4.78 is 0. The third-order valence-electron chi connectivity index (χ3n) is 6.01. The van der Waals surface area contributed by atoms with E-state index in [1.807, 2.05) is 30.3 Å². The first-order valence-corrected chi connectivity index (χ1v) is 10.8. The lowest BCUT2D eigenvalue weighted by atomic mass is 9.82. The van der Waals surface area contributed by atoms with Crippen molar-refractivity contribution in [1.29, 1.82) is 0 Å². The highest BCUT2D eigenvalue weighted by molar-refractivity contribution is 8.14. The van der Waals surface area contributed by atoms with Crippen LogP contribution >= 0.6 is 11.8 Å². The van der Waals surface area contributed by atoms with Crippen LogP contribution in [0, 0.1) is 0 Å². The van der Waals surface area contributed by atoms with Gasteiger partial charge in [0.15, 0.2) is 0 Å². The number of rotatable bonds is 3. The molecule has 140 valence electrons. The molecule has 2 aliphatic heterocycles. The van der Waals surface area contributed by atoms with Gasteiger partial charge in [-0.05, 0) is 60.0 Å². The predicted molar refractivity (Wildman–Crippen MR) is 115 cm³/mol. The molecule has 1 fully saturated rings. The lowest BCUT2D eigenvalue weighted by Gasteiger charge is -2.37. The fraction of sp³-hybridized carbons (Fsp3) is 0.240. The molecule has 0 saturated carbocycles. The summed E-state index contributed by atoms with van der Waals surface area (Å²) in [5.74, 6) is 0.412. The average Bonchev–Trinajstić information content (AvgIpc) is 3.23. The minimum Gasteiger partial charge on any atom is -0.295 e. The highest BCUT2D eigenvalue weighted by Crippen LogP contribution is 2.44. The van der Waals surface area contributed by atoms with Gasteiger partial charge in [0.1, 0.15) is 0 Å². The Labute approximate surface area is 170 Å². The second-order valence-electron chi connectivity index (χ2n) is 7.66. The van der Waals surface area contributed by atoms with Crippen LogP contribution in [0.5, 0.6) is 0 Å². The lowest BCUT2D eigenvalue weighted by Crippen LogP contribution is -2.34. The van der Waals surface area contributed by atoms with Gasteiger partial charge in [0.2, 0.25) is 5.12 Å². The van der Waals surface area contributed by atoms with Crippen molar-refractivity contribution in [3.05, 3.63) is 101 Å². The number of carbonyl (C=O) groups is 1. The Bertz CT molecular complexity index is 983. The molecule has 1 saturated heterocycles. The minimum absolute atomic E-state index is 0.0938. The van der Waals surface area contributed by atoms with Crippen molar-refractivity contribution in [1.82, 2.24) is 4.90 Å². The Morgan fingerprint density at radius 2 is 1.57 bits per heavy atom. The number of nitrogens with zero attached hydrogens (tertiary/aromatic N) is 1. The van der Waals surface area contributed by atoms with Crippen molar-refractivity contribution in [2.24, 2.45) is 0 Å².